The number of pyridine rings is 1. The molecule has 1 fully saturated rings. The molecule has 5 atom stereocenters. The van der Waals surface area contributed by atoms with Gasteiger partial charge in [-0.25, -0.2) is 22.0 Å². The molecular weight excluding hydrogens is 437 g/mol. The first-order valence-corrected chi connectivity index (χ1v) is 13.9. The van der Waals surface area contributed by atoms with E-state index in [0.29, 0.717) is 0 Å². The van der Waals surface area contributed by atoms with Gasteiger partial charge in [-0.05, 0) is 40.8 Å². The van der Waals surface area contributed by atoms with E-state index in [1.54, 1.807) is 19.3 Å². The number of hydrogen-bond donors (Lipinski definition) is 0. The lowest BCUT2D eigenvalue weighted by molar-refractivity contribution is 0.369. The van der Waals surface area contributed by atoms with Gasteiger partial charge >= 0.3 is 0 Å². The zero-order valence-electron chi connectivity index (χ0n) is 18.7. The fraction of sp³-hybridized carbons (Fsp3) is 0.400. The summed E-state index contributed by atoms with van der Waals surface area (Å²) in [4.78, 5) is 4.57. The lowest BCUT2D eigenvalue weighted by Crippen LogP contribution is -2.53. The van der Waals surface area contributed by atoms with Crippen LogP contribution in [0.5, 0.6) is 0 Å². The highest BCUT2D eigenvalue weighted by Crippen LogP contribution is 2.59. The van der Waals surface area contributed by atoms with Crippen molar-refractivity contribution in [3.8, 4) is 0 Å². The second-order valence-electron chi connectivity index (χ2n) is 9.72. The van der Waals surface area contributed by atoms with E-state index in [9.17, 15) is 22.0 Å². The largest absolute Gasteiger partial charge is 0.256 e. The molecule has 0 saturated heterocycles. The molecule has 1 aliphatic rings. The average molecular weight is 464 g/mol. The number of hydrogen-bond acceptors (Lipinski definition) is 1. The predicted octanol–water partition coefficient (Wildman–Crippen LogP) is 6.92. The van der Waals surface area contributed by atoms with Crippen LogP contribution in [-0.4, -0.2) is 13.1 Å². The van der Waals surface area contributed by atoms with Gasteiger partial charge in [0.2, 0.25) is 5.82 Å². The highest BCUT2D eigenvalue weighted by Gasteiger charge is 2.54. The molecule has 1 aliphatic carbocycles. The van der Waals surface area contributed by atoms with Crippen LogP contribution in [0.25, 0.3) is 10.9 Å². The van der Waals surface area contributed by atoms with E-state index in [1.165, 1.54) is 0 Å². The maximum atomic E-state index is 15.0. The van der Waals surface area contributed by atoms with Crippen LogP contribution in [0.2, 0.25) is 18.6 Å². The summed E-state index contributed by atoms with van der Waals surface area (Å²) in [7, 11) is -3.23. The van der Waals surface area contributed by atoms with Gasteiger partial charge in [-0.1, -0.05) is 58.1 Å². The van der Waals surface area contributed by atoms with Gasteiger partial charge in [0.05, 0.1) is 13.6 Å². The van der Waals surface area contributed by atoms with Gasteiger partial charge in [0.1, 0.15) is 0 Å². The maximum absolute atomic E-state index is 15.0. The van der Waals surface area contributed by atoms with Crippen molar-refractivity contribution in [2.75, 3.05) is 0 Å². The Hall–Kier alpha value is -2.28. The van der Waals surface area contributed by atoms with Crippen molar-refractivity contribution >= 4 is 24.2 Å². The first-order chi connectivity index (χ1) is 15.0. The molecule has 0 bridgehead atoms. The van der Waals surface area contributed by atoms with Crippen LogP contribution in [0.3, 0.4) is 0 Å². The van der Waals surface area contributed by atoms with Crippen molar-refractivity contribution in [2.24, 2.45) is 17.8 Å². The molecule has 32 heavy (non-hydrogen) atoms. The highest BCUT2D eigenvalue weighted by atomic mass is 28.3. The minimum atomic E-state index is -3.23. The van der Waals surface area contributed by atoms with Gasteiger partial charge in [0, 0.05) is 16.8 Å². The van der Waals surface area contributed by atoms with Gasteiger partial charge in [-0.3, -0.25) is 4.98 Å². The molecule has 0 radical (unpaired) electrons. The Morgan fingerprint density at radius 2 is 1.28 bits per heavy atom. The van der Waals surface area contributed by atoms with Crippen molar-refractivity contribution in [3.63, 3.8) is 0 Å². The van der Waals surface area contributed by atoms with E-state index in [4.69, 9.17) is 0 Å². The first kappa shape index (κ1) is 22.9. The normalized spacial score (nSPS) is 26.1. The van der Waals surface area contributed by atoms with Gasteiger partial charge in [0.15, 0.2) is 23.3 Å². The fourth-order valence-electron chi connectivity index (χ4n) is 6.10. The van der Waals surface area contributed by atoms with Crippen molar-refractivity contribution in [2.45, 2.75) is 45.3 Å². The Kier molecular flexibility index (Phi) is 5.68. The van der Waals surface area contributed by atoms with Crippen molar-refractivity contribution in [1.29, 1.82) is 0 Å². The molecule has 0 amide bonds. The summed E-state index contributed by atoms with van der Waals surface area (Å²) >= 11 is 0. The minimum absolute atomic E-state index is 0.0330. The minimum Gasteiger partial charge on any atom is -0.256 e. The van der Waals surface area contributed by atoms with Crippen LogP contribution in [0, 0.1) is 46.8 Å². The Labute approximate surface area is 185 Å². The Bertz CT molecular complexity index is 1160. The number of nitrogens with zero attached hydrogens (tertiary/aromatic N) is 1. The molecule has 2 aromatic carbocycles. The van der Waals surface area contributed by atoms with Gasteiger partial charge < -0.3 is 0 Å². The Morgan fingerprint density at radius 1 is 0.719 bits per heavy atom. The molecule has 0 spiro atoms. The first-order valence-electron chi connectivity index (χ1n) is 10.9. The quantitative estimate of drug-likeness (QED) is 0.178. The standard InChI is InChI=1S/C25H26F5NSi/c1-12-13(2)17(16-10-6-8-15-9-7-11-31-23(15)16)24(14(12)3)32(4,5)25-21(29)19(27)18(26)20(28)22(25)30/h6-14,17,24H,1-5H3. The summed E-state index contributed by atoms with van der Waals surface area (Å²) in [5, 5.41) is 0.351. The topological polar surface area (TPSA) is 12.9 Å². The highest BCUT2D eigenvalue weighted by molar-refractivity contribution is 6.91. The summed E-state index contributed by atoms with van der Waals surface area (Å²) in [5.74, 6) is -8.94. The smallest absolute Gasteiger partial charge is 0.200 e. The third kappa shape index (κ3) is 3.19. The molecular formula is C25H26F5NSi. The third-order valence-corrected chi connectivity index (χ3v) is 12.2. The van der Waals surface area contributed by atoms with Crippen LogP contribution in [0.15, 0.2) is 36.5 Å². The lowest BCUT2D eigenvalue weighted by Gasteiger charge is -2.39. The van der Waals surface area contributed by atoms with Crippen LogP contribution >= 0.6 is 0 Å². The molecule has 5 unspecified atom stereocenters. The molecule has 3 aromatic rings. The number of halogens is 5. The molecule has 0 aliphatic heterocycles. The van der Waals surface area contributed by atoms with E-state index < -0.39 is 42.3 Å². The molecule has 1 nitrogen and oxygen atoms in total. The van der Waals surface area contributed by atoms with E-state index in [1.807, 2.05) is 37.3 Å². The number of fused-ring (bicyclic) bond motifs is 1. The van der Waals surface area contributed by atoms with E-state index in [2.05, 4.69) is 18.8 Å². The van der Waals surface area contributed by atoms with Gasteiger partial charge in [-0.15, -0.1) is 0 Å². The van der Waals surface area contributed by atoms with Crippen LogP contribution in [-0.2, 0) is 0 Å². The Morgan fingerprint density at radius 3 is 1.91 bits per heavy atom. The third-order valence-electron chi connectivity index (χ3n) is 7.89. The molecule has 7 heteroatoms. The molecule has 1 heterocycles. The molecule has 4 rings (SSSR count). The van der Waals surface area contributed by atoms with E-state index in [-0.39, 0.29) is 29.2 Å². The summed E-state index contributed by atoms with van der Waals surface area (Å²) in [6.07, 6.45) is 1.71. The second kappa shape index (κ2) is 7.94. The number of para-hydroxylation sites is 1. The monoisotopic (exact) mass is 463 g/mol. The maximum Gasteiger partial charge on any atom is 0.200 e. The van der Waals surface area contributed by atoms with E-state index >= 15 is 0 Å². The number of aromatic nitrogens is 1. The predicted molar refractivity (Wildman–Crippen MR) is 119 cm³/mol. The summed E-state index contributed by atoms with van der Waals surface area (Å²) in [6, 6.07) is 9.68. The number of benzene rings is 2. The zero-order chi connectivity index (χ0) is 23.5. The Balaban J connectivity index is 1.97. The summed E-state index contributed by atoms with van der Waals surface area (Å²) < 4.78 is 72.0. The van der Waals surface area contributed by atoms with Crippen molar-refractivity contribution < 1.29 is 22.0 Å². The SMILES string of the molecule is CC1C(C)C(c2cccc3cccnc23)C([Si](C)(C)c2c(F)c(F)c(F)c(F)c2F)C1C. The molecule has 0 N–H and O–H groups in total. The van der Waals surface area contributed by atoms with Gasteiger partial charge in [-0.2, -0.15) is 0 Å². The fourth-order valence-corrected chi connectivity index (χ4v) is 10.8. The zero-order valence-corrected chi connectivity index (χ0v) is 19.7. The van der Waals surface area contributed by atoms with Crippen LogP contribution in [0.4, 0.5) is 22.0 Å². The summed E-state index contributed by atoms with van der Waals surface area (Å²) in [6.45, 7) is 9.69. The van der Waals surface area contributed by atoms with Crippen molar-refractivity contribution in [3.05, 3.63) is 71.2 Å². The number of rotatable bonds is 3. The summed E-state index contributed by atoms with van der Waals surface area (Å²) in [5.41, 5.74) is 1.55. The second-order valence-corrected chi connectivity index (χ2v) is 14.3. The van der Waals surface area contributed by atoms with Crippen LogP contribution < -0.4 is 5.19 Å². The molecule has 170 valence electrons. The molecule has 1 aromatic heterocycles. The average Bonchev–Trinajstić information content (AvgIpc) is 3.00. The molecule has 1 saturated carbocycles. The van der Waals surface area contributed by atoms with Crippen molar-refractivity contribution in [1.82, 2.24) is 4.98 Å². The lowest BCUT2D eigenvalue weighted by atomic mass is 9.85. The van der Waals surface area contributed by atoms with E-state index in [0.717, 1.165) is 16.5 Å². The van der Waals surface area contributed by atoms with Crippen LogP contribution in [0.1, 0.15) is 32.3 Å². The van der Waals surface area contributed by atoms with Gasteiger partial charge in [0.25, 0.3) is 0 Å².